The minimum Gasteiger partial charge on any atom is -0.508 e. The lowest BCUT2D eigenvalue weighted by Crippen LogP contribution is -2.42. The Balaban J connectivity index is 1.91. The van der Waals surface area contributed by atoms with Crippen molar-refractivity contribution in [2.24, 2.45) is 0 Å². The number of benzene rings is 3. The van der Waals surface area contributed by atoms with Crippen LogP contribution in [0.2, 0.25) is 0 Å². The predicted octanol–water partition coefficient (Wildman–Crippen LogP) is 4.74. The molecule has 0 aromatic heterocycles. The zero-order chi connectivity index (χ0) is 21.9. The summed E-state index contributed by atoms with van der Waals surface area (Å²) in [6.45, 7) is 0.868. The van der Waals surface area contributed by atoms with Crippen molar-refractivity contribution in [2.45, 2.75) is 33.0 Å². The number of hydrogen-bond donors (Lipinski definition) is 2. The summed E-state index contributed by atoms with van der Waals surface area (Å²) in [4.78, 5) is 2.83. The molecule has 0 saturated heterocycles. The van der Waals surface area contributed by atoms with E-state index >= 15 is 0 Å². The van der Waals surface area contributed by atoms with E-state index in [1.54, 1.807) is 24.3 Å². The average Bonchev–Trinajstić information content (AvgIpc) is 2.71. The van der Waals surface area contributed by atoms with Crippen LogP contribution in [0.1, 0.15) is 6.92 Å². The van der Waals surface area contributed by atoms with E-state index in [0.29, 0.717) is 0 Å². The number of aromatic hydroxyl groups is 1. The number of phenols is 1. The molecular formula is C21H19F2O5S2+. The summed E-state index contributed by atoms with van der Waals surface area (Å²) in [5, 5.41) is 5.15. The zero-order valence-electron chi connectivity index (χ0n) is 15.8. The Kier molecular flexibility index (Phi) is 6.35. The Hall–Kier alpha value is -2.62. The maximum absolute atomic E-state index is 13.7. The molecule has 30 heavy (non-hydrogen) atoms. The molecule has 3 rings (SSSR count). The van der Waals surface area contributed by atoms with Crippen LogP contribution in [0.15, 0.2) is 93.5 Å². The van der Waals surface area contributed by atoms with Crippen LogP contribution in [-0.2, 0) is 21.0 Å². The Morgan fingerprint density at radius 1 is 0.867 bits per heavy atom. The van der Waals surface area contributed by atoms with E-state index in [1.807, 2.05) is 42.5 Å². The van der Waals surface area contributed by atoms with Crippen LogP contribution in [0, 0.1) is 0 Å². The highest BCUT2D eigenvalue weighted by molar-refractivity contribution is 7.97. The fourth-order valence-electron chi connectivity index (χ4n) is 2.68. The monoisotopic (exact) mass is 453 g/mol. The zero-order valence-corrected chi connectivity index (χ0v) is 17.4. The highest BCUT2D eigenvalue weighted by Gasteiger charge is 2.51. The van der Waals surface area contributed by atoms with Crippen molar-refractivity contribution in [2.75, 3.05) is 0 Å². The number of halogens is 2. The van der Waals surface area contributed by atoms with Crippen molar-refractivity contribution >= 4 is 21.0 Å². The molecule has 0 aliphatic rings. The van der Waals surface area contributed by atoms with Gasteiger partial charge in [0.15, 0.2) is 20.8 Å². The van der Waals surface area contributed by atoms with Crippen LogP contribution in [0.25, 0.3) is 0 Å². The molecule has 0 fully saturated rings. The van der Waals surface area contributed by atoms with Gasteiger partial charge in [0.2, 0.25) is 0 Å². The molecule has 0 bridgehead atoms. The quantitative estimate of drug-likeness (QED) is 0.399. The summed E-state index contributed by atoms with van der Waals surface area (Å²) < 4.78 is 62.9. The number of ether oxygens (including phenoxy) is 1. The van der Waals surface area contributed by atoms with Crippen molar-refractivity contribution in [3.05, 3.63) is 78.9 Å². The topological polar surface area (TPSA) is 83.8 Å². The predicted molar refractivity (Wildman–Crippen MR) is 110 cm³/mol. The van der Waals surface area contributed by atoms with Gasteiger partial charge < -0.3 is 9.84 Å². The second-order valence-corrected chi connectivity index (χ2v) is 9.90. The number of alkyl halides is 2. The molecule has 0 saturated carbocycles. The number of phenolic OH excluding ortho intramolecular Hbond substituents is 1. The van der Waals surface area contributed by atoms with E-state index in [-0.39, 0.29) is 11.5 Å². The molecule has 0 radical (unpaired) electrons. The maximum atomic E-state index is 13.7. The summed E-state index contributed by atoms with van der Waals surface area (Å²) in [7, 11) is -6.12. The molecular weight excluding hydrogens is 434 g/mol. The van der Waals surface area contributed by atoms with Crippen molar-refractivity contribution in [3.63, 3.8) is 0 Å². The summed E-state index contributed by atoms with van der Waals surface area (Å²) in [5.74, 6) is 0.185. The van der Waals surface area contributed by atoms with Crippen LogP contribution in [0.5, 0.6) is 11.5 Å². The van der Waals surface area contributed by atoms with Gasteiger partial charge in [0.1, 0.15) is 11.5 Å². The van der Waals surface area contributed by atoms with Crippen molar-refractivity contribution in [3.8, 4) is 11.5 Å². The molecule has 0 aliphatic carbocycles. The number of rotatable bonds is 7. The van der Waals surface area contributed by atoms with Crippen LogP contribution >= 0.6 is 0 Å². The molecule has 0 amide bonds. The summed E-state index contributed by atoms with van der Waals surface area (Å²) in [6.07, 6.45) is -2.08. The van der Waals surface area contributed by atoms with Crippen LogP contribution in [0.4, 0.5) is 8.78 Å². The van der Waals surface area contributed by atoms with Crippen LogP contribution < -0.4 is 4.74 Å². The van der Waals surface area contributed by atoms with Gasteiger partial charge >= 0.3 is 15.4 Å². The van der Waals surface area contributed by atoms with Crippen molar-refractivity contribution in [1.82, 2.24) is 0 Å². The lowest BCUT2D eigenvalue weighted by Gasteiger charge is -2.21. The lowest BCUT2D eigenvalue weighted by atomic mass is 10.3. The van der Waals surface area contributed by atoms with Gasteiger partial charge in [0, 0.05) is 0 Å². The second-order valence-electron chi connectivity index (χ2n) is 6.38. The standard InChI is InChI=1S/C21H18F2O5S2/c1-15(21(22,23)30(25,26)27)28-17-9-13-20(14-10-17)29(18-5-3-2-4-6-18)19-11-7-16(24)8-12-19/h2-15H,1H3,(H-,24,25,26,27)/p+1. The normalized spacial score (nSPS) is 14.1. The third-order valence-electron chi connectivity index (χ3n) is 4.24. The van der Waals surface area contributed by atoms with E-state index in [4.69, 9.17) is 9.29 Å². The molecule has 3 aromatic rings. The minimum absolute atomic E-state index is 0.0388. The van der Waals surface area contributed by atoms with Gasteiger partial charge in [0.05, 0.1) is 10.9 Å². The first kappa shape index (κ1) is 22.1. The van der Waals surface area contributed by atoms with E-state index in [1.165, 1.54) is 12.1 Å². The molecule has 2 N–H and O–H groups in total. The Morgan fingerprint density at radius 2 is 1.33 bits per heavy atom. The fourth-order valence-corrected chi connectivity index (χ4v) is 5.21. The van der Waals surface area contributed by atoms with Gasteiger partial charge in [-0.25, -0.2) is 0 Å². The van der Waals surface area contributed by atoms with Gasteiger partial charge in [-0.2, -0.15) is 17.2 Å². The highest BCUT2D eigenvalue weighted by atomic mass is 32.2. The first-order valence-electron chi connectivity index (χ1n) is 8.79. The lowest BCUT2D eigenvalue weighted by molar-refractivity contribution is -0.0236. The first-order valence-corrected chi connectivity index (χ1v) is 11.5. The van der Waals surface area contributed by atoms with Gasteiger partial charge in [-0.1, -0.05) is 18.2 Å². The van der Waals surface area contributed by atoms with Crippen LogP contribution in [0.3, 0.4) is 0 Å². The average molecular weight is 454 g/mol. The van der Waals surface area contributed by atoms with Gasteiger partial charge in [0.25, 0.3) is 0 Å². The van der Waals surface area contributed by atoms with E-state index < -0.39 is 32.4 Å². The highest BCUT2D eigenvalue weighted by Crippen LogP contribution is 2.34. The van der Waals surface area contributed by atoms with E-state index in [0.717, 1.165) is 21.6 Å². The summed E-state index contributed by atoms with van der Waals surface area (Å²) >= 11 is 0. The number of hydrogen-bond acceptors (Lipinski definition) is 4. The third-order valence-corrected chi connectivity index (χ3v) is 7.49. The molecule has 0 spiro atoms. The molecule has 0 aliphatic heterocycles. The Bertz CT molecular complexity index is 1090. The summed E-state index contributed by atoms with van der Waals surface area (Å²) in [5.41, 5.74) is 0. The van der Waals surface area contributed by atoms with Gasteiger partial charge in [-0.15, -0.1) is 0 Å². The Labute approximate surface area is 176 Å². The molecule has 2 unspecified atom stereocenters. The summed E-state index contributed by atoms with van der Waals surface area (Å²) in [6, 6.07) is 22.8. The third kappa shape index (κ3) is 4.75. The van der Waals surface area contributed by atoms with Crippen LogP contribution in [-0.4, -0.2) is 29.4 Å². The van der Waals surface area contributed by atoms with Gasteiger partial charge in [-0.3, -0.25) is 4.55 Å². The van der Waals surface area contributed by atoms with Crippen molar-refractivity contribution < 1.29 is 31.6 Å². The molecule has 3 aromatic carbocycles. The molecule has 0 heterocycles. The minimum atomic E-state index is -5.60. The fraction of sp³-hybridized carbons (Fsp3) is 0.143. The van der Waals surface area contributed by atoms with E-state index in [9.17, 15) is 22.3 Å². The Morgan fingerprint density at radius 3 is 1.83 bits per heavy atom. The molecule has 5 nitrogen and oxygen atoms in total. The molecule has 9 heteroatoms. The molecule has 158 valence electrons. The largest absolute Gasteiger partial charge is 0.508 e. The SMILES string of the molecule is CC(Oc1ccc([S+](c2ccccc2)c2ccc(O)cc2)cc1)C(F)(F)S(=O)(=O)O. The van der Waals surface area contributed by atoms with Gasteiger partial charge in [-0.05, 0) is 67.6 Å². The van der Waals surface area contributed by atoms with Crippen molar-refractivity contribution in [1.29, 1.82) is 0 Å². The van der Waals surface area contributed by atoms with E-state index in [2.05, 4.69) is 0 Å². The smallest absolute Gasteiger partial charge is 0.405 e. The first-order chi connectivity index (χ1) is 14.1. The maximum Gasteiger partial charge on any atom is 0.405 e. The second kappa shape index (κ2) is 8.63. The molecule has 2 atom stereocenters.